The lowest BCUT2D eigenvalue weighted by Crippen LogP contribution is -2.37. The molecular formula is C15H22N2OS2. The maximum atomic E-state index is 5.77. The molecule has 1 heterocycles. The zero-order valence-corrected chi connectivity index (χ0v) is 13.5. The second-order valence-corrected chi connectivity index (χ2v) is 7.06. The third kappa shape index (κ3) is 4.96. The predicted octanol–water partition coefficient (Wildman–Crippen LogP) is 2.53. The lowest BCUT2D eigenvalue weighted by atomic mass is 10.2. The van der Waals surface area contributed by atoms with Crippen LogP contribution < -0.4 is 10.5 Å². The van der Waals surface area contributed by atoms with E-state index in [4.69, 9.17) is 22.7 Å². The second kappa shape index (κ2) is 7.86. The van der Waals surface area contributed by atoms with Crippen molar-refractivity contribution in [1.82, 2.24) is 4.90 Å². The van der Waals surface area contributed by atoms with Gasteiger partial charge in [0.1, 0.15) is 10.7 Å². The molecule has 1 aromatic carbocycles. The topological polar surface area (TPSA) is 38.5 Å². The van der Waals surface area contributed by atoms with E-state index in [2.05, 4.69) is 23.6 Å². The maximum Gasteiger partial charge on any atom is 0.119 e. The molecule has 0 amide bonds. The van der Waals surface area contributed by atoms with Crippen LogP contribution in [0.3, 0.4) is 0 Å². The molecule has 2 rings (SSSR count). The third-order valence-electron chi connectivity index (χ3n) is 3.33. The molecule has 20 heavy (non-hydrogen) atoms. The van der Waals surface area contributed by atoms with E-state index >= 15 is 0 Å². The fraction of sp³-hybridized carbons (Fsp3) is 0.533. The summed E-state index contributed by atoms with van der Waals surface area (Å²) in [5.41, 5.74) is 6.48. The molecule has 5 heteroatoms. The minimum absolute atomic E-state index is 0.412. The van der Waals surface area contributed by atoms with E-state index in [-0.39, 0.29) is 0 Å². The highest BCUT2D eigenvalue weighted by atomic mass is 32.2. The molecule has 1 fully saturated rings. The zero-order chi connectivity index (χ0) is 14.4. The van der Waals surface area contributed by atoms with E-state index in [1.165, 1.54) is 18.8 Å². The number of thiocarbonyl (C=S) groups is 1. The minimum Gasteiger partial charge on any atom is -0.494 e. The van der Waals surface area contributed by atoms with Gasteiger partial charge in [0.25, 0.3) is 0 Å². The minimum atomic E-state index is 0.412. The lowest BCUT2D eigenvalue weighted by molar-refractivity contribution is 0.241. The summed E-state index contributed by atoms with van der Waals surface area (Å²) in [5.74, 6) is 2.09. The summed E-state index contributed by atoms with van der Waals surface area (Å²) < 4.78 is 5.77. The average molecular weight is 310 g/mol. The van der Waals surface area contributed by atoms with Gasteiger partial charge in [-0.2, -0.15) is 11.8 Å². The number of hydrogen-bond donors (Lipinski definition) is 1. The van der Waals surface area contributed by atoms with Crippen LogP contribution in [0.2, 0.25) is 0 Å². The van der Waals surface area contributed by atoms with E-state index < -0.39 is 0 Å². The Morgan fingerprint density at radius 3 is 3.15 bits per heavy atom. The molecule has 2 N–H and O–H groups in total. The molecule has 0 aromatic heterocycles. The van der Waals surface area contributed by atoms with Crippen LogP contribution in [0.4, 0.5) is 0 Å². The van der Waals surface area contributed by atoms with Crippen LogP contribution in [0.5, 0.6) is 5.75 Å². The first-order chi connectivity index (χ1) is 9.65. The highest BCUT2D eigenvalue weighted by molar-refractivity contribution is 7.99. The molecule has 1 unspecified atom stereocenters. The van der Waals surface area contributed by atoms with Crippen LogP contribution in [-0.2, 0) is 0 Å². The molecule has 1 saturated heterocycles. The molecule has 1 aliphatic rings. The third-order valence-corrected chi connectivity index (χ3v) is 4.70. The van der Waals surface area contributed by atoms with Gasteiger partial charge in [0.05, 0.1) is 6.61 Å². The van der Waals surface area contributed by atoms with E-state index in [1.807, 2.05) is 24.3 Å². The van der Waals surface area contributed by atoms with E-state index in [1.54, 1.807) is 0 Å². The van der Waals surface area contributed by atoms with Crippen LogP contribution >= 0.6 is 24.0 Å². The zero-order valence-electron chi connectivity index (χ0n) is 11.9. The Labute approximate surface area is 130 Å². The fourth-order valence-electron chi connectivity index (χ4n) is 2.31. The van der Waals surface area contributed by atoms with Gasteiger partial charge >= 0.3 is 0 Å². The summed E-state index contributed by atoms with van der Waals surface area (Å²) in [7, 11) is 0. The molecule has 1 aliphatic heterocycles. The molecule has 1 atom stereocenters. The van der Waals surface area contributed by atoms with Crippen molar-refractivity contribution in [1.29, 1.82) is 0 Å². The van der Waals surface area contributed by atoms with Crippen molar-refractivity contribution in [3.8, 4) is 5.75 Å². The van der Waals surface area contributed by atoms with Gasteiger partial charge in [0.15, 0.2) is 0 Å². The summed E-state index contributed by atoms with van der Waals surface area (Å²) in [6.45, 7) is 6.54. The fourth-order valence-corrected chi connectivity index (χ4v) is 3.52. The van der Waals surface area contributed by atoms with Gasteiger partial charge < -0.3 is 15.4 Å². The van der Waals surface area contributed by atoms with Crippen LogP contribution in [0.15, 0.2) is 24.3 Å². The van der Waals surface area contributed by atoms with E-state index in [0.717, 1.165) is 36.1 Å². The molecule has 0 spiro atoms. The Balaban J connectivity index is 1.70. The predicted molar refractivity (Wildman–Crippen MR) is 90.8 cm³/mol. The van der Waals surface area contributed by atoms with Gasteiger partial charge in [-0.1, -0.05) is 31.3 Å². The first kappa shape index (κ1) is 15.6. The SMILES string of the molecule is CC1CN(CCCOc2cccc(C(N)=S)c2)CCS1. The summed E-state index contributed by atoms with van der Waals surface area (Å²) in [6, 6.07) is 7.68. The van der Waals surface area contributed by atoms with Crippen molar-refractivity contribution in [2.75, 3.05) is 32.0 Å². The first-order valence-corrected chi connectivity index (χ1v) is 8.47. The summed E-state index contributed by atoms with van der Waals surface area (Å²) in [4.78, 5) is 2.94. The molecular weight excluding hydrogens is 288 g/mol. The molecule has 0 saturated carbocycles. The second-order valence-electron chi connectivity index (χ2n) is 5.08. The largest absolute Gasteiger partial charge is 0.494 e. The van der Waals surface area contributed by atoms with E-state index in [0.29, 0.717) is 4.99 Å². The molecule has 1 aromatic rings. The van der Waals surface area contributed by atoms with Crippen LogP contribution in [0, 0.1) is 0 Å². The van der Waals surface area contributed by atoms with Gasteiger partial charge in [0, 0.05) is 36.2 Å². The van der Waals surface area contributed by atoms with Crippen molar-refractivity contribution < 1.29 is 4.74 Å². The van der Waals surface area contributed by atoms with Crippen molar-refractivity contribution in [3.63, 3.8) is 0 Å². The quantitative estimate of drug-likeness (QED) is 0.646. The molecule has 0 radical (unpaired) electrons. The summed E-state index contributed by atoms with van der Waals surface area (Å²) >= 11 is 7.03. The Hall–Kier alpha value is -0.780. The summed E-state index contributed by atoms with van der Waals surface area (Å²) in [6.07, 6.45) is 1.05. The van der Waals surface area contributed by atoms with Gasteiger partial charge in [0.2, 0.25) is 0 Å². The van der Waals surface area contributed by atoms with Crippen molar-refractivity contribution in [2.45, 2.75) is 18.6 Å². The normalized spacial score (nSPS) is 19.8. The summed E-state index contributed by atoms with van der Waals surface area (Å²) in [5, 5.41) is 0.756. The number of ether oxygens (including phenoxy) is 1. The molecule has 3 nitrogen and oxygen atoms in total. The number of hydrogen-bond acceptors (Lipinski definition) is 4. The molecule has 110 valence electrons. The Morgan fingerprint density at radius 2 is 2.40 bits per heavy atom. The maximum absolute atomic E-state index is 5.77. The smallest absolute Gasteiger partial charge is 0.119 e. The van der Waals surface area contributed by atoms with Gasteiger partial charge in [-0.3, -0.25) is 0 Å². The van der Waals surface area contributed by atoms with Crippen molar-refractivity contribution in [3.05, 3.63) is 29.8 Å². The van der Waals surface area contributed by atoms with E-state index in [9.17, 15) is 0 Å². The van der Waals surface area contributed by atoms with Crippen LogP contribution in [0.25, 0.3) is 0 Å². The number of nitrogens with two attached hydrogens (primary N) is 1. The molecule has 0 bridgehead atoms. The van der Waals surface area contributed by atoms with Crippen molar-refractivity contribution >= 4 is 29.0 Å². The number of thioether (sulfide) groups is 1. The molecule has 0 aliphatic carbocycles. The lowest BCUT2D eigenvalue weighted by Gasteiger charge is -2.30. The Bertz CT molecular complexity index is 453. The Kier molecular flexibility index (Phi) is 6.13. The number of benzene rings is 1. The van der Waals surface area contributed by atoms with Crippen LogP contribution in [0.1, 0.15) is 18.9 Å². The first-order valence-electron chi connectivity index (χ1n) is 7.02. The highest BCUT2D eigenvalue weighted by Crippen LogP contribution is 2.18. The van der Waals surface area contributed by atoms with Gasteiger partial charge in [-0.15, -0.1) is 0 Å². The number of nitrogens with zero attached hydrogens (tertiary/aromatic N) is 1. The highest BCUT2D eigenvalue weighted by Gasteiger charge is 2.15. The standard InChI is InChI=1S/C15H22N2OS2/c1-12-11-17(7-9-20-12)6-3-8-18-14-5-2-4-13(10-14)15(16)19/h2,4-5,10,12H,3,6-9,11H2,1H3,(H2,16,19). The van der Waals surface area contributed by atoms with Gasteiger partial charge in [-0.25, -0.2) is 0 Å². The Morgan fingerprint density at radius 1 is 1.55 bits per heavy atom. The monoisotopic (exact) mass is 310 g/mol. The van der Waals surface area contributed by atoms with Crippen molar-refractivity contribution in [2.24, 2.45) is 5.73 Å². The number of rotatable bonds is 6. The average Bonchev–Trinajstić information content (AvgIpc) is 2.44. The van der Waals surface area contributed by atoms with Crippen LogP contribution in [-0.4, -0.2) is 47.1 Å². The van der Waals surface area contributed by atoms with Gasteiger partial charge in [-0.05, 0) is 18.6 Å².